The van der Waals surface area contributed by atoms with Gasteiger partial charge in [0.2, 0.25) is 17.6 Å². The van der Waals surface area contributed by atoms with Crippen molar-refractivity contribution in [3.8, 4) is 11.6 Å². The summed E-state index contributed by atoms with van der Waals surface area (Å²) in [6.45, 7) is 5.95. The lowest BCUT2D eigenvalue weighted by Crippen LogP contribution is -2.50. The molecule has 27 heavy (non-hydrogen) atoms. The number of rotatable bonds is 6. The quantitative estimate of drug-likeness (QED) is 0.451. The van der Waals surface area contributed by atoms with Crippen molar-refractivity contribution in [2.24, 2.45) is 11.8 Å². The van der Waals surface area contributed by atoms with Gasteiger partial charge in [-0.05, 0) is 25.3 Å². The maximum Gasteiger partial charge on any atom is 0.249 e. The fraction of sp³-hybridized carbons (Fsp3) is 0.688. The van der Waals surface area contributed by atoms with E-state index in [9.17, 15) is 4.79 Å². The van der Waals surface area contributed by atoms with Crippen LogP contribution in [0.25, 0.3) is 11.6 Å². The van der Waals surface area contributed by atoms with Gasteiger partial charge in [0.1, 0.15) is 18.4 Å². The minimum atomic E-state index is -0.362. The zero-order valence-corrected chi connectivity index (χ0v) is 15.4. The number of carbonyl (C=O) groups is 1. The monoisotopic (exact) mass is 375 g/mol. The lowest BCUT2D eigenvalue weighted by molar-refractivity contribution is -0.125. The molecule has 11 nitrogen and oxygen atoms in total. The zero-order chi connectivity index (χ0) is 18.8. The number of fused-ring (bicyclic) bond motifs is 1. The summed E-state index contributed by atoms with van der Waals surface area (Å²) in [6, 6.07) is -0.347. The van der Waals surface area contributed by atoms with E-state index in [1.807, 2.05) is 0 Å². The van der Waals surface area contributed by atoms with Crippen LogP contribution in [-0.2, 0) is 4.79 Å². The summed E-state index contributed by atoms with van der Waals surface area (Å²) in [6.07, 6.45) is 3.07. The highest BCUT2D eigenvalue weighted by Gasteiger charge is 2.42. The van der Waals surface area contributed by atoms with E-state index in [1.165, 1.54) is 6.33 Å². The molecule has 0 aromatic carbocycles. The number of nitrogens with one attached hydrogen (secondary N) is 5. The highest BCUT2D eigenvalue weighted by molar-refractivity contribution is 5.83. The Kier molecular flexibility index (Phi) is 5.14. The third-order valence-corrected chi connectivity index (χ3v) is 5.05. The van der Waals surface area contributed by atoms with Crippen LogP contribution in [0.15, 0.2) is 10.9 Å². The maximum atomic E-state index is 12.9. The lowest BCUT2D eigenvalue weighted by atomic mass is 9.89. The van der Waals surface area contributed by atoms with Crippen LogP contribution in [-0.4, -0.2) is 56.4 Å². The number of amides is 1. The van der Waals surface area contributed by atoms with Crippen molar-refractivity contribution in [3.63, 3.8) is 0 Å². The van der Waals surface area contributed by atoms with E-state index in [1.54, 1.807) is 0 Å². The second kappa shape index (κ2) is 7.71. The molecular weight excluding hydrogens is 350 g/mol. The Balaban J connectivity index is 1.48. The van der Waals surface area contributed by atoms with Crippen molar-refractivity contribution in [1.82, 2.24) is 46.8 Å². The molecule has 2 saturated heterocycles. The fourth-order valence-electron chi connectivity index (χ4n) is 3.72. The number of carbonyl (C=O) groups excluding carboxylic acids is 1. The molecule has 4 heterocycles. The van der Waals surface area contributed by atoms with Crippen LogP contribution in [0.5, 0.6) is 0 Å². The van der Waals surface area contributed by atoms with Crippen molar-refractivity contribution >= 4 is 5.91 Å². The first-order chi connectivity index (χ1) is 13.1. The number of piperidine rings is 1. The van der Waals surface area contributed by atoms with Crippen molar-refractivity contribution in [2.45, 2.75) is 44.8 Å². The number of aromatic amines is 1. The molecule has 0 spiro atoms. The summed E-state index contributed by atoms with van der Waals surface area (Å²) in [4.78, 5) is 21.4. The molecule has 0 bridgehead atoms. The van der Waals surface area contributed by atoms with Gasteiger partial charge in [-0.1, -0.05) is 19.0 Å². The van der Waals surface area contributed by atoms with Gasteiger partial charge in [0, 0.05) is 18.5 Å². The smallest absolute Gasteiger partial charge is 0.249 e. The SMILES string of the molecule is CC(C)CC(NC(=O)C1NNC2CCNCC21)c1nc(-c2ncn[nH]2)no1. The van der Waals surface area contributed by atoms with Crippen molar-refractivity contribution < 1.29 is 9.32 Å². The number of nitrogens with zero attached hydrogens (tertiary/aromatic N) is 4. The van der Waals surface area contributed by atoms with E-state index in [0.717, 1.165) is 19.5 Å². The van der Waals surface area contributed by atoms with Gasteiger partial charge in [-0.3, -0.25) is 15.3 Å². The molecule has 2 aliphatic rings. The maximum absolute atomic E-state index is 12.9. The minimum absolute atomic E-state index is 0.0660. The molecule has 4 unspecified atom stereocenters. The van der Waals surface area contributed by atoms with Gasteiger partial charge >= 0.3 is 0 Å². The molecule has 0 radical (unpaired) electrons. The lowest BCUT2D eigenvalue weighted by Gasteiger charge is -2.28. The number of hydrogen-bond donors (Lipinski definition) is 5. The Bertz CT molecular complexity index is 760. The number of hydrazine groups is 1. The Morgan fingerprint density at radius 2 is 2.30 bits per heavy atom. The van der Waals surface area contributed by atoms with Gasteiger partial charge in [-0.25, -0.2) is 10.4 Å². The summed E-state index contributed by atoms with van der Waals surface area (Å²) < 4.78 is 5.41. The standard InChI is InChI=1S/C16H25N9O2/c1-8(2)5-11(16-21-14(25-27-16)13-18-7-19-24-13)20-15(26)12-9-6-17-4-3-10(9)22-23-12/h7-12,17,22-23H,3-6H2,1-2H3,(H,20,26)(H,18,19,24). The Hall–Kier alpha value is -2.37. The van der Waals surface area contributed by atoms with Crippen molar-refractivity contribution in [1.29, 1.82) is 0 Å². The molecule has 146 valence electrons. The molecule has 2 fully saturated rings. The second-order valence-electron chi connectivity index (χ2n) is 7.51. The number of hydrogen-bond acceptors (Lipinski definition) is 9. The summed E-state index contributed by atoms with van der Waals surface area (Å²) in [5.74, 6) is 1.61. The number of H-pyrrole nitrogens is 1. The van der Waals surface area contributed by atoms with Crippen molar-refractivity contribution in [3.05, 3.63) is 12.2 Å². The van der Waals surface area contributed by atoms with Gasteiger partial charge in [-0.2, -0.15) is 10.1 Å². The topological polar surface area (TPSA) is 146 Å². The third-order valence-electron chi connectivity index (χ3n) is 5.05. The first-order valence-corrected chi connectivity index (χ1v) is 9.33. The first kappa shape index (κ1) is 18.0. The molecule has 5 N–H and O–H groups in total. The van der Waals surface area contributed by atoms with Gasteiger partial charge in [-0.15, -0.1) is 0 Å². The molecule has 2 aliphatic heterocycles. The summed E-state index contributed by atoms with van der Waals surface area (Å²) in [7, 11) is 0. The van der Waals surface area contributed by atoms with E-state index in [0.29, 0.717) is 35.9 Å². The predicted molar refractivity (Wildman–Crippen MR) is 94.8 cm³/mol. The Labute approximate surface area is 156 Å². The summed E-state index contributed by atoms with van der Waals surface area (Å²) in [5.41, 5.74) is 6.39. The van der Waals surface area contributed by atoms with E-state index in [-0.39, 0.29) is 23.9 Å². The fourth-order valence-corrected chi connectivity index (χ4v) is 3.72. The van der Waals surface area contributed by atoms with Crippen molar-refractivity contribution in [2.75, 3.05) is 13.1 Å². The molecular formula is C16H25N9O2. The molecule has 2 aromatic rings. The highest BCUT2D eigenvalue weighted by Crippen LogP contribution is 2.24. The molecule has 4 rings (SSSR count). The van der Waals surface area contributed by atoms with E-state index in [2.05, 4.69) is 60.7 Å². The van der Waals surface area contributed by atoms with E-state index < -0.39 is 0 Å². The molecule has 1 amide bonds. The van der Waals surface area contributed by atoms with Crippen LogP contribution in [0.4, 0.5) is 0 Å². The molecule has 11 heteroatoms. The average molecular weight is 375 g/mol. The number of aromatic nitrogens is 5. The van der Waals surface area contributed by atoms with Crippen LogP contribution in [0.2, 0.25) is 0 Å². The summed E-state index contributed by atoms with van der Waals surface area (Å²) >= 11 is 0. The van der Waals surface area contributed by atoms with Gasteiger partial charge in [0.25, 0.3) is 0 Å². The largest absolute Gasteiger partial charge is 0.343 e. The Morgan fingerprint density at radius 1 is 1.41 bits per heavy atom. The van der Waals surface area contributed by atoms with Crippen LogP contribution in [0, 0.1) is 11.8 Å². The zero-order valence-electron chi connectivity index (χ0n) is 15.4. The first-order valence-electron chi connectivity index (χ1n) is 9.33. The third kappa shape index (κ3) is 3.84. The molecule has 0 saturated carbocycles. The van der Waals surface area contributed by atoms with Gasteiger partial charge < -0.3 is 15.2 Å². The second-order valence-corrected chi connectivity index (χ2v) is 7.51. The van der Waals surface area contributed by atoms with Gasteiger partial charge in [0.15, 0.2) is 5.82 Å². The molecule has 4 atom stereocenters. The predicted octanol–water partition coefficient (Wildman–Crippen LogP) is -0.487. The minimum Gasteiger partial charge on any atom is -0.343 e. The van der Waals surface area contributed by atoms with E-state index in [4.69, 9.17) is 4.52 Å². The van der Waals surface area contributed by atoms with Crippen LogP contribution in [0.1, 0.15) is 38.6 Å². The highest BCUT2D eigenvalue weighted by atomic mass is 16.5. The molecule has 0 aliphatic carbocycles. The Morgan fingerprint density at radius 3 is 3.07 bits per heavy atom. The van der Waals surface area contributed by atoms with Crippen LogP contribution < -0.4 is 21.5 Å². The summed E-state index contributed by atoms with van der Waals surface area (Å²) in [5, 5.41) is 16.9. The van der Waals surface area contributed by atoms with E-state index >= 15 is 0 Å². The molecule has 2 aromatic heterocycles. The van der Waals surface area contributed by atoms with Crippen LogP contribution >= 0.6 is 0 Å². The van der Waals surface area contributed by atoms with Gasteiger partial charge in [0.05, 0.1) is 0 Å². The average Bonchev–Trinajstić information content (AvgIpc) is 3.39. The van der Waals surface area contributed by atoms with Crippen LogP contribution in [0.3, 0.4) is 0 Å². The normalized spacial score (nSPS) is 26.1.